The van der Waals surface area contributed by atoms with Crippen molar-refractivity contribution in [3.8, 4) is 11.1 Å². The Hall–Kier alpha value is -3.35. The van der Waals surface area contributed by atoms with E-state index in [4.69, 9.17) is 4.74 Å². The number of hydrogen-bond donors (Lipinski definition) is 3. The molecular formula is C26H30N2O5. The number of hydrogen-bond acceptors (Lipinski definition) is 4. The highest BCUT2D eigenvalue weighted by Gasteiger charge is 2.35. The first-order valence-corrected chi connectivity index (χ1v) is 11.4. The van der Waals surface area contributed by atoms with Crippen molar-refractivity contribution in [1.29, 1.82) is 0 Å². The molecule has 7 nitrogen and oxygen atoms in total. The number of alkyl carbamates (subject to hydrolysis) is 1. The summed E-state index contributed by atoms with van der Waals surface area (Å²) in [6.07, 6.45) is 1.68. The summed E-state index contributed by atoms with van der Waals surface area (Å²) in [6.45, 7) is 3.46. The molecule has 0 spiro atoms. The maximum atomic E-state index is 12.5. The van der Waals surface area contributed by atoms with Crippen LogP contribution in [0.3, 0.4) is 0 Å². The van der Waals surface area contributed by atoms with Crippen molar-refractivity contribution < 1.29 is 24.2 Å². The van der Waals surface area contributed by atoms with E-state index in [9.17, 15) is 19.5 Å². The second-order valence-electron chi connectivity index (χ2n) is 9.49. The molecule has 0 heterocycles. The number of rotatable bonds is 9. The van der Waals surface area contributed by atoms with E-state index >= 15 is 0 Å². The summed E-state index contributed by atoms with van der Waals surface area (Å²) in [5, 5.41) is 14.6. The van der Waals surface area contributed by atoms with Crippen LogP contribution in [0, 0.1) is 11.8 Å². The van der Waals surface area contributed by atoms with Crippen LogP contribution in [0.2, 0.25) is 0 Å². The second-order valence-corrected chi connectivity index (χ2v) is 9.49. The lowest BCUT2D eigenvalue weighted by Gasteiger charge is -2.23. The number of amides is 2. The first kappa shape index (κ1) is 22.8. The smallest absolute Gasteiger partial charge is 0.407 e. The number of carbonyl (C=O) groups excluding carboxylic acids is 2. The van der Waals surface area contributed by atoms with Gasteiger partial charge < -0.3 is 20.5 Å². The zero-order chi connectivity index (χ0) is 23.6. The molecule has 1 saturated carbocycles. The van der Waals surface area contributed by atoms with Crippen LogP contribution in [0.4, 0.5) is 4.79 Å². The van der Waals surface area contributed by atoms with Crippen molar-refractivity contribution in [2.45, 2.75) is 44.6 Å². The molecule has 0 radical (unpaired) electrons. The lowest BCUT2D eigenvalue weighted by molar-refractivity contribution is -0.146. The van der Waals surface area contributed by atoms with Crippen molar-refractivity contribution in [3.63, 3.8) is 0 Å². The topological polar surface area (TPSA) is 105 Å². The maximum Gasteiger partial charge on any atom is 0.407 e. The van der Waals surface area contributed by atoms with E-state index < -0.39 is 17.6 Å². The molecule has 2 amide bonds. The van der Waals surface area contributed by atoms with Gasteiger partial charge in [0.25, 0.3) is 0 Å². The zero-order valence-corrected chi connectivity index (χ0v) is 19.0. The molecule has 174 valence electrons. The minimum atomic E-state index is -1.33. The van der Waals surface area contributed by atoms with Gasteiger partial charge >= 0.3 is 12.1 Å². The first-order valence-electron chi connectivity index (χ1n) is 11.4. The average Bonchev–Trinajstić information content (AvgIpc) is 3.57. The normalized spacial score (nSPS) is 15.8. The maximum absolute atomic E-state index is 12.5. The summed E-state index contributed by atoms with van der Waals surface area (Å²) in [5.74, 6) is -1.11. The van der Waals surface area contributed by atoms with Gasteiger partial charge in [0.1, 0.15) is 12.1 Å². The number of nitrogens with one attached hydrogen (secondary N) is 2. The van der Waals surface area contributed by atoms with E-state index in [2.05, 4.69) is 34.9 Å². The van der Waals surface area contributed by atoms with Gasteiger partial charge in [0.15, 0.2) is 0 Å². The van der Waals surface area contributed by atoms with Gasteiger partial charge in [-0.3, -0.25) is 4.79 Å². The highest BCUT2D eigenvalue weighted by molar-refractivity contribution is 5.86. The van der Waals surface area contributed by atoms with Crippen molar-refractivity contribution in [2.75, 3.05) is 13.2 Å². The van der Waals surface area contributed by atoms with Crippen LogP contribution in [0.1, 0.15) is 50.2 Å². The van der Waals surface area contributed by atoms with Gasteiger partial charge in [-0.15, -0.1) is 0 Å². The molecule has 1 fully saturated rings. The zero-order valence-electron chi connectivity index (χ0n) is 19.0. The monoisotopic (exact) mass is 450 g/mol. The van der Waals surface area contributed by atoms with Crippen molar-refractivity contribution in [3.05, 3.63) is 59.7 Å². The molecule has 1 atom stereocenters. The third kappa shape index (κ3) is 5.18. The van der Waals surface area contributed by atoms with Gasteiger partial charge in [-0.1, -0.05) is 48.5 Å². The Morgan fingerprint density at radius 1 is 1.03 bits per heavy atom. The molecule has 3 N–H and O–H groups in total. The summed E-state index contributed by atoms with van der Waals surface area (Å²) in [5.41, 5.74) is 3.32. The molecule has 2 aromatic rings. The SMILES string of the molecule is CC(C)(NC(=O)CC(CNC(=O)OCC1c2ccccc2-c2ccccc21)C1CC1)C(=O)O. The summed E-state index contributed by atoms with van der Waals surface area (Å²) in [4.78, 5) is 36.1. The van der Waals surface area contributed by atoms with Gasteiger partial charge in [-0.2, -0.15) is 0 Å². The lowest BCUT2D eigenvalue weighted by atomic mass is 9.97. The molecule has 0 bridgehead atoms. The van der Waals surface area contributed by atoms with Gasteiger partial charge in [-0.25, -0.2) is 9.59 Å². The lowest BCUT2D eigenvalue weighted by Crippen LogP contribution is -2.50. The fourth-order valence-electron chi connectivity index (χ4n) is 4.53. The largest absolute Gasteiger partial charge is 0.480 e. The molecule has 2 aliphatic carbocycles. The van der Waals surface area contributed by atoms with Crippen LogP contribution in [0.15, 0.2) is 48.5 Å². The average molecular weight is 451 g/mol. The number of ether oxygens (including phenoxy) is 1. The molecule has 4 rings (SSSR count). The molecule has 0 aromatic heterocycles. The number of fused-ring (bicyclic) bond motifs is 3. The second kappa shape index (κ2) is 9.25. The molecule has 7 heteroatoms. The summed E-state index contributed by atoms with van der Waals surface area (Å²) in [6, 6.07) is 16.3. The number of benzene rings is 2. The molecule has 1 unspecified atom stereocenters. The van der Waals surface area contributed by atoms with Crippen molar-refractivity contribution in [2.24, 2.45) is 11.8 Å². The third-order valence-corrected chi connectivity index (χ3v) is 6.58. The van der Waals surface area contributed by atoms with E-state index in [0.717, 1.165) is 24.0 Å². The molecule has 2 aliphatic rings. The number of carboxylic acid groups (broad SMARTS) is 1. The minimum absolute atomic E-state index is 0.00796. The van der Waals surface area contributed by atoms with Crippen LogP contribution in [0.25, 0.3) is 11.1 Å². The van der Waals surface area contributed by atoms with E-state index in [1.165, 1.54) is 25.0 Å². The van der Waals surface area contributed by atoms with Crippen LogP contribution in [0.5, 0.6) is 0 Å². The van der Waals surface area contributed by atoms with Crippen LogP contribution in [-0.4, -0.2) is 41.8 Å². The quantitative estimate of drug-likeness (QED) is 0.537. The Kier molecular flexibility index (Phi) is 6.40. The van der Waals surface area contributed by atoms with Crippen LogP contribution >= 0.6 is 0 Å². The molecule has 2 aromatic carbocycles. The Morgan fingerprint density at radius 3 is 2.15 bits per heavy atom. The Labute approximate surface area is 193 Å². The standard InChI is InChI=1S/C26H30N2O5/c1-26(2,24(30)31)28-23(29)13-17(16-11-12-16)14-27-25(32)33-15-22-20-9-5-3-7-18(20)19-8-4-6-10-21(19)22/h3-10,16-17,22H,11-15H2,1-2H3,(H,27,32)(H,28,29)(H,30,31). The Morgan fingerprint density at radius 2 is 1.61 bits per heavy atom. The molecule has 33 heavy (non-hydrogen) atoms. The van der Waals surface area contributed by atoms with Gasteiger partial charge in [0.2, 0.25) is 5.91 Å². The van der Waals surface area contributed by atoms with Crippen molar-refractivity contribution in [1.82, 2.24) is 10.6 Å². The highest BCUT2D eigenvalue weighted by Crippen LogP contribution is 2.44. The molecule has 0 aliphatic heterocycles. The number of carboxylic acids is 1. The fourth-order valence-corrected chi connectivity index (χ4v) is 4.53. The summed E-state index contributed by atoms with van der Waals surface area (Å²) >= 11 is 0. The molecular weight excluding hydrogens is 420 g/mol. The van der Waals surface area contributed by atoms with Gasteiger partial charge in [0, 0.05) is 18.9 Å². The summed E-state index contributed by atoms with van der Waals surface area (Å²) in [7, 11) is 0. The molecule has 0 saturated heterocycles. The number of aliphatic carboxylic acids is 1. The Balaban J connectivity index is 1.31. The van der Waals surface area contributed by atoms with E-state index in [-0.39, 0.29) is 30.8 Å². The van der Waals surface area contributed by atoms with E-state index in [1.54, 1.807) is 0 Å². The predicted octanol–water partition coefficient (Wildman–Crippen LogP) is 3.92. The van der Waals surface area contributed by atoms with Gasteiger partial charge in [0.05, 0.1) is 0 Å². The number of carbonyl (C=O) groups is 3. The van der Waals surface area contributed by atoms with E-state index in [1.807, 2.05) is 24.3 Å². The minimum Gasteiger partial charge on any atom is -0.480 e. The first-order chi connectivity index (χ1) is 15.8. The third-order valence-electron chi connectivity index (χ3n) is 6.58. The van der Waals surface area contributed by atoms with E-state index in [0.29, 0.717) is 12.5 Å². The van der Waals surface area contributed by atoms with Crippen molar-refractivity contribution >= 4 is 18.0 Å². The Bertz CT molecular complexity index is 1010. The van der Waals surface area contributed by atoms with Crippen LogP contribution < -0.4 is 10.6 Å². The fraction of sp³-hybridized carbons (Fsp3) is 0.423. The van der Waals surface area contributed by atoms with Crippen LogP contribution in [-0.2, 0) is 14.3 Å². The highest BCUT2D eigenvalue weighted by atomic mass is 16.5. The predicted molar refractivity (Wildman–Crippen MR) is 124 cm³/mol. The van der Waals surface area contributed by atoms with Gasteiger partial charge in [-0.05, 0) is 60.8 Å². The summed E-state index contributed by atoms with van der Waals surface area (Å²) < 4.78 is 5.58.